The van der Waals surface area contributed by atoms with Crippen molar-refractivity contribution in [1.29, 1.82) is 0 Å². The molecule has 0 saturated heterocycles. The number of carbonyl (C=O) groups is 1. The number of aromatic nitrogens is 6. The number of fused-ring (bicyclic) bond motifs is 1. The van der Waals surface area contributed by atoms with Crippen LogP contribution in [0.4, 0.5) is 0 Å². The fourth-order valence-corrected chi connectivity index (χ4v) is 3.82. The van der Waals surface area contributed by atoms with Gasteiger partial charge in [0, 0.05) is 26.0 Å². The Morgan fingerprint density at radius 1 is 1.15 bits per heavy atom. The number of nitrogens with one attached hydrogen (secondary N) is 1. The number of benzene rings is 1. The number of nitrogens with zero attached hydrogens (tertiary/aromatic N) is 6. The number of Topliss-reactive ketones (excluding diaryl/α,β-unsaturated/α-hetero) is 1. The molecule has 0 aliphatic rings. The predicted octanol–water partition coefficient (Wildman–Crippen LogP) is 3.44. The van der Waals surface area contributed by atoms with Crippen LogP contribution in [0.3, 0.4) is 0 Å². The molecule has 1 N–H and O–H groups in total. The summed E-state index contributed by atoms with van der Waals surface area (Å²) in [5.74, 6) is 0.358. The molecule has 0 aliphatic heterocycles. The maximum atomic E-state index is 13.9. The predicted molar refractivity (Wildman–Crippen MR) is 121 cm³/mol. The Bertz CT molecular complexity index is 1430. The number of ketones is 1. The molecule has 0 radical (unpaired) electrons. The molecule has 1 unspecified atom stereocenters. The minimum atomic E-state index is -0.748. The Kier molecular flexibility index (Phi) is 5.45. The van der Waals surface area contributed by atoms with Gasteiger partial charge >= 0.3 is 0 Å². The lowest BCUT2D eigenvalue weighted by Crippen LogP contribution is -2.31. The van der Waals surface area contributed by atoms with Crippen LogP contribution in [0.5, 0.6) is 0 Å². The van der Waals surface area contributed by atoms with E-state index in [4.69, 9.17) is 9.51 Å². The van der Waals surface area contributed by atoms with Gasteiger partial charge in [-0.05, 0) is 30.2 Å². The SMILES string of the molecule is Cc1ccccc1CNC(C(=O)c1conc1-c1ccncn1)c1nc2ccncc2n1C. The monoisotopic (exact) mass is 439 g/mol. The number of hydrogen-bond donors (Lipinski definition) is 1. The number of carbonyl (C=O) groups excluding carboxylic acids is 1. The Balaban J connectivity index is 1.57. The molecule has 1 atom stereocenters. The van der Waals surface area contributed by atoms with Crippen molar-refractivity contribution in [3.05, 3.63) is 90.1 Å². The first-order chi connectivity index (χ1) is 16.1. The summed E-state index contributed by atoms with van der Waals surface area (Å²) in [5, 5.41) is 7.44. The first-order valence-corrected chi connectivity index (χ1v) is 10.4. The summed E-state index contributed by atoms with van der Waals surface area (Å²) < 4.78 is 7.06. The normalized spacial score (nSPS) is 12.2. The van der Waals surface area contributed by atoms with E-state index in [0.717, 1.165) is 22.2 Å². The van der Waals surface area contributed by atoms with E-state index in [0.29, 0.717) is 29.3 Å². The lowest BCUT2D eigenvalue weighted by molar-refractivity contribution is 0.0936. The smallest absolute Gasteiger partial charge is 0.193 e. The minimum Gasteiger partial charge on any atom is -0.363 e. The van der Waals surface area contributed by atoms with Gasteiger partial charge < -0.3 is 9.09 Å². The summed E-state index contributed by atoms with van der Waals surface area (Å²) in [6, 6.07) is 10.8. The molecule has 9 heteroatoms. The molecule has 0 saturated carbocycles. The van der Waals surface area contributed by atoms with Crippen LogP contribution in [0.1, 0.15) is 33.4 Å². The van der Waals surface area contributed by atoms with Gasteiger partial charge in [0.1, 0.15) is 30.2 Å². The third kappa shape index (κ3) is 3.90. The largest absolute Gasteiger partial charge is 0.363 e. The molecule has 9 nitrogen and oxygen atoms in total. The second kappa shape index (κ2) is 8.71. The highest BCUT2D eigenvalue weighted by Gasteiger charge is 2.31. The quantitative estimate of drug-likeness (QED) is 0.384. The summed E-state index contributed by atoms with van der Waals surface area (Å²) in [6.45, 7) is 2.53. The summed E-state index contributed by atoms with van der Waals surface area (Å²) in [4.78, 5) is 31.0. The lowest BCUT2D eigenvalue weighted by Gasteiger charge is -2.18. The van der Waals surface area contributed by atoms with Crippen LogP contribution in [-0.2, 0) is 13.6 Å². The number of pyridine rings is 1. The second-order valence-electron chi connectivity index (χ2n) is 7.67. The van der Waals surface area contributed by atoms with Crippen LogP contribution in [0.2, 0.25) is 0 Å². The fraction of sp³-hybridized carbons (Fsp3) is 0.167. The van der Waals surface area contributed by atoms with E-state index >= 15 is 0 Å². The van der Waals surface area contributed by atoms with Crippen molar-refractivity contribution in [2.24, 2.45) is 7.05 Å². The van der Waals surface area contributed by atoms with Gasteiger partial charge in [0.2, 0.25) is 0 Å². The first kappa shape index (κ1) is 20.7. The van der Waals surface area contributed by atoms with E-state index in [1.807, 2.05) is 48.9 Å². The zero-order chi connectivity index (χ0) is 22.8. The van der Waals surface area contributed by atoms with Gasteiger partial charge in [-0.25, -0.2) is 15.0 Å². The Hall–Kier alpha value is -4.24. The van der Waals surface area contributed by atoms with E-state index in [1.54, 1.807) is 24.7 Å². The average Bonchev–Trinajstić information content (AvgIpc) is 3.46. The summed E-state index contributed by atoms with van der Waals surface area (Å²) in [6.07, 6.45) is 7.78. The molecule has 0 spiro atoms. The molecule has 0 aliphatic carbocycles. The van der Waals surface area contributed by atoms with E-state index in [2.05, 4.69) is 25.4 Å². The van der Waals surface area contributed by atoms with Gasteiger partial charge in [0.15, 0.2) is 5.78 Å². The van der Waals surface area contributed by atoms with E-state index in [-0.39, 0.29) is 5.78 Å². The van der Waals surface area contributed by atoms with Crippen molar-refractivity contribution in [2.75, 3.05) is 0 Å². The second-order valence-corrected chi connectivity index (χ2v) is 7.67. The summed E-state index contributed by atoms with van der Waals surface area (Å²) in [5.41, 5.74) is 5.03. The van der Waals surface area contributed by atoms with E-state index in [1.165, 1.54) is 12.6 Å². The molecule has 4 aromatic heterocycles. The van der Waals surface area contributed by atoms with Crippen molar-refractivity contribution in [1.82, 2.24) is 35.0 Å². The highest BCUT2D eigenvalue weighted by molar-refractivity contribution is 6.04. The van der Waals surface area contributed by atoms with E-state index < -0.39 is 6.04 Å². The van der Waals surface area contributed by atoms with Gasteiger partial charge in [-0.3, -0.25) is 15.1 Å². The molecule has 164 valence electrons. The number of hydrogen-bond acceptors (Lipinski definition) is 8. The molecule has 33 heavy (non-hydrogen) atoms. The molecule has 4 heterocycles. The lowest BCUT2D eigenvalue weighted by atomic mass is 10.0. The molecule has 0 bridgehead atoms. The summed E-state index contributed by atoms with van der Waals surface area (Å²) in [7, 11) is 1.88. The molecule has 5 rings (SSSR count). The van der Waals surface area contributed by atoms with E-state index in [9.17, 15) is 4.79 Å². The van der Waals surface area contributed by atoms with Crippen molar-refractivity contribution in [3.63, 3.8) is 0 Å². The summed E-state index contributed by atoms with van der Waals surface area (Å²) >= 11 is 0. The molecule has 5 aromatic rings. The molecular weight excluding hydrogens is 418 g/mol. The van der Waals surface area contributed by atoms with Gasteiger partial charge in [0.05, 0.1) is 28.5 Å². The Morgan fingerprint density at radius 2 is 2.00 bits per heavy atom. The van der Waals surface area contributed by atoms with Crippen LogP contribution in [0.25, 0.3) is 22.4 Å². The van der Waals surface area contributed by atoms with Crippen molar-refractivity contribution < 1.29 is 9.32 Å². The third-order valence-electron chi connectivity index (χ3n) is 5.66. The van der Waals surface area contributed by atoms with Crippen molar-refractivity contribution in [3.8, 4) is 11.4 Å². The molecule has 0 amide bonds. The van der Waals surface area contributed by atoms with Gasteiger partial charge in [-0.1, -0.05) is 29.4 Å². The third-order valence-corrected chi connectivity index (χ3v) is 5.66. The molecular formula is C24H21N7O2. The number of rotatable bonds is 7. The maximum Gasteiger partial charge on any atom is 0.193 e. The average molecular weight is 439 g/mol. The fourth-order valence-electron chi connectivity index (χ4n) is 3.82. The maximum absolute atomic E-state index is 13.9. The minimum absolute atomic E-state index is 0.218. The Morgan fingerprint density at radius 3 is 2.79 bits per heavy atom. The standard InChI is InChI=1S/C24H21N7O2/c1-15-5-3-4-6-16(15)11-27-22(24-29-18-7-9-25-12-20(18)31(24)2)23(32)17-13-33-30-21(17)19-8-10-26-14-28-19/h3-10,12-14,22,27H,11H2,1-2H3. The van der Waals surface area contributed by atoms with Crippen LogP contribution >= 0.6 is 0 Å². The number of aryl methyl sites for hydroxylation is 2. The van der Waals surface area contributed by atoms with Crippen LogP contribution in [-0.4, -0.2) is 35.4 Å². The van der Waals surface area contributed by atoms with Crippen LogP contribution in [0, 0.1) is 6.92 Å². The highest BCUT2D eigenvalue weighted by Crippen LogP contribution is 2.27. The molecule has 0 fully saturated rings. The van der Waals surface area contributed by atoms with Crippen LogP contribution in [0.15, 0.2) is 72.1 Å². The van der Waals surface area contributed by atoms with Gasteiger partial charge in [-0.15, -0.1) is 0 Å². The highest BCUT2D eigenvalue weighted by atomic mass is 16.5. The van der Waals surface area contributed by atoms with Crippen molar-refractivity contribution >= 4 is 16.8 Å². The first-order valence-electron chi connectivity index (χ1n) is 10.4. The van der Waals surface area contributed by atoms with Crippen LogP contribution < -0.4 is 5.32 Å². The Labute approximate surface area is 189 Å². The van der Waals surface area contributed by atoms with Gasteiger partial charge in [-0.2, -0.15) is 0 Å². The molecule has 1 aromatic carbocycles. The topological polar surface area (TPSA) is 112 Å². The zero-order valence-corrected chi connectivity index (χ0v) is 18.1. The van der Waals surface area contributed by atoms with Crippen molar-refractivity contribution in [2.45, 2.75) is 19.5 Å². The zero-order valence-electron chi connectivity index (χ0n) is 18.1. The number of imidazole rings is 1. The van der Waals surface area contributed by atoms with Gasteiger partial charge in [0.25, 0.3) is 0 Å².